The van der Waals surface area contributed by atoms with Crippen LogP contribution in [0.2, 0.25) is 0 Å². The first kappa shape index (κ1) is 19.6. The van der Waals surface area contributed by atoms with E-state index < -0.39 is 0 Å². The van der Waals surface area contributed by atoms with Crippen LogP contribution in [0.4, 0.5) is 5.69 Å². The number of hydrogen-bond acceptors (Lipinski definition) is 4. The van der Waals surface area contributed by atoms with Crippen LogP contribution in [-0.2, 0) is 4.79 Å². The summed E-state index contributed by atoms with van der Waals surface area (Å²) in [5.41, 5.74) is 1.30. The lowest BCUT2D eigenvalue weighted by Crippen LogP contribution is -2.52. The molecule has 1 N–H and O–H groups in total. The molecule has 1 aromatic heterocycles. The zero-order chi connectivity index (χ0) is 19.2. The van der Waals surface area contributed by atoms with E-state index in [1.54, 1.807) is 0 Å². The van der Waals surface area contributed by atoms with Crippen molar-refractivity contribution in [3.63, 3.8) is 0 Å². The van der Waals surface area contributed by atoms with Crippen molar-refractivity contribution < 1.29 is 4.79 Å². The van der Waals surface area contributed by atoms with Crippen molar-refractivity contribution in [2.45, 2.75) is 39.7 Å². The molecule has 1 aliphatic heterocycles. The van der Waals surface area contributed by atoms with Crippen LogP contribution in [0.3, 0.4) is 0 Å². The maximum absolute atomic E-state index is 11.9. The lowest BCUT2D eigenvalue weighted by Gasteiger charge is -2.41. The van der Waals surface area contributed by atoms with Crippen molar-refractivity contribution in [3.8, 4) is 0 Å². The molecule has 5 heteroatoms. The second kappa shape index (κ2) is 9.18. The Morgan fingerprint density at radius 2 is 2.15 bits per heavy atom. The molecule has 1 fully saturated rings. The minimum absolute atomic E-state index is 0.180. The summed E-state index contributed by atoms with van der Waals surface area (Å²) in [4.78, 5) is 21.1. The van der Waals surface area contributed by atoms with Gasteiger partial charge in [-0.25, -0.2) is 0 Å². The zero-order valence-corrected chi connectivity index (χ0v) is 16.8. The van der Waals surface area contributed by atoms with Gasteiger partial charge in [0.25, 0.3) is 0 Å². The summed E-state index contributed by atoms with van der Waals surface area (Å²) in [5, 5.41) is 5.47. The van der Waals surface area contributed by atoms with Crippen LogP contribution >= 0.6 is 0 Å². The quantitative estimate of drug-likeness (QED) is 0.815. The van der Waals surface area contributed by atoms with E-state index in [9.17, 15) is 4.79 Å². The summed E-state index contributed by atoms with van der Waals surface area (Å²) in [6, 6.07) is 9.04. The number of nitrogens with one attached hydrogen (secondary N) is 1. The Bertz CT molecular complexity index is 756. The number of anilines is 1. The van der Waals surface area contributed by atoms with Crippen molar-refractivity contribution in [2.24, 2.45) is 5.92 Å². The number of pyridine rings is 1. The highest BCUT2D eigenvalue weighted by Crippen LogP contribution is 2.28. The molecule has 3 rings (SSSR count). The minimum atomic E-state index is 0.180. The first-order chi connectivity index (χ1) is 13.0. The Morgan fingerprint density at radius 1 is 1.30 bits per heavy atom. The lowest BCUT2D eigenvalue weighted by molar-refractivity contribution is -0.121. The highest BCUT2D eigenvalue weighted by Gasteiger charge is 2.24. The van der Waals surface area contributed by atoms with Crippen LogP contribution in [-0.4, -0.2) is 54.6 Å². The molecule has 27 heavy (non-hydrogen) atoms. The number of aromatic nitrogens is 1. The molecule has 1 unspecified atom stereocenters. The van der Waals surface area contributed by atoms with Gasteiger partial charge in [0.05, 0.1) is 0 Å². The molecule has 1 amide bonds. The maximum atomic E-state index is 11.9. The molecule has 0 aliphatic carbocycles. The van der Waals surface area contributed by atoms with Crippen LogP contribution in [0.1, 0.15) is 33.6 Å². The van der Waals surface area contributed by atoms with Gasteiger partial charge in [0.2, 0.25) is 5.91 Å². The molecule has 2 heterocycles. The third-order valence-corrected chi connectivity index (χ3v) is 5.32. The van der Waals surface area contributed by atoms with Crippen LogP contribution in [0.25, 0.3) is 10.8 Å². The Kier molecular flexibility index (Phi) is 6.67. The molecule has 0 bridgehead atoms. The van der Waals surface area contributed by atoms with Gasteiger partial charge in [-0.3, -0.25) is 14.7 Å². The Hall–Kier alpha value is -2.14. The smallest absolute Gasteiger partial charge is 0.220 e. The molecule has 1 atom stereocenters. The van der Waals surface area contributed by atoms with E-state index in [4.69, 9.17) is 0 Å². The van der Waals surface area contributed by atoms with Gasteiger partial charge in [-0.15, -0.1) is 0 Å². The van der Waals surface area contributed by atoms with E-state index in [2.05, 4.69) is 65.1 Å². The molecule has 2 aromatic rings. The minimum Gasteiger partial charge on any atom is -0.368 e. The third-order valence-electron chi connectivity index (χ3n) is 5.32. The maximum Gasteiger partial charge on any atom is 0.220 e. The first-order valence-electron chi connectivity index (χ1n) is 10.1. The number of nitrogens with zero attached hydrogens (tertiary/aromatic N) is 3. The number of fused-ring (bicyclic) bond motifs is 1. The molecule has 1 saturated heterocycles. The lowest BCUT2D eigenvalue weighted by atomic mass is 10.1. The fraction of sp³-hybridized carbons (Fsp3) is 0.545. The van der Waals surface area contributed by atoms with Crippen molar-refractivity contribution in [1.82, 2.24) is 15.2 Å². The van der Waals surface area contributed by atoms with E-state index >= 15 is 0 Å². The molecule has 5 nitrogen and oxygen atoms in total. The molecule has 0 spiro atoms. The Balaban J connectivity index is 1.51. The Labute approximate surface area is 162 Å². The summed E-state index contributed by atoms with van der Waals surface area (Å²) >= 11 is 0. The monoisotopic (exact) mass is 368 g/mol. The van der Waals surface area contributed by atoms with E-state index in [0.29, 0.717) is 18.4 Å². The number of piperazine rings is 1. The molecule has 0 saturated carbocycles. The van der Waals surface area contributed by atoms with Gasteiger partial charge >= 0.3 is 0 Å². The largest absolute Gasteiger partial charge is 0.368 e. The van der Waals surface area contributed by atoms with Crippen molar-refractivity contribution in [1.29, 1.82) is 0 Å². The zero-order valence-electron chi connectivity index (χ0n) is 16.8. The van der Waals surface area contributed by atoms with E-state index in [1.165, 1.54) is 16.5 Å². The fourth-order valence-corrected chi connectivity index (χ4v) is 3.78. The van der Waals surface area contributed by atoms with Gasteiger partial charge in [-0.05, 0) is 37.9 Å². The van der Waals surface area contributed by atoms with Gasteiger partial charge in [-0.1, -0.05) is 26.0 Å². The predicted molar refractivity (Wildman–Crippen MR) is 112 cm³/mol. The Morgan fingerprint density at radius 3 is 2.93 bits per heavy atom. The van der Waals surface area contributed by atoms with E-state index in [-0.39, 0.29) is 5.91 Å². The van der Waals surface area contributed by atoms with Gasteiger partial charge in [-0.2, -0.15) is 0 Å². The summed E-state index contributed by atoms with van der Waals surface area (Å²) in [6.45, 7) is 11.4. The second-order valence-electron chi connectivity index (χ2n) is 8.01. The number of benzene rings is 1. The third kappa shape index (κ3) is 5.19. The summed E-state index contributed by atoms with van der Waals surface area (Å²) in [5.74, 6) is 0.686. The van der Waals surface area contributed by atoms with Crippen LogP contribution in [0.5, 0.6) is 0 Å². The normalized spacial score (nSPS) is 18.2. The highest BCUT2D eigenvalue weighted by molar-refractivity contribution is 5.93. The number of rotatable bonds is 7. The number of hydrogen-bond donors (Lipinski definition) is 1. The van der Waals surface area contributed by atoms with Gasteiger partial charge in [0.1, 0.15) is 0 Å². The average molecular weight is 369 g/mol. The van der Waals surface area contributed by atoms with Crippen molar-refractivity contribution in [2.75, 3.05) is 37.6 Å². The molecular weight excluding hydrogens is 336 g/mol. The number of amides is 1. The molecular formula is C22H32N4O. The van der Waals surface area contributed by atoms with Crippen LogP contribution in [0.15, 0.2) is 36.7 Å². The van der Waals surface area contributed by atoms with E-state index in [1.807, 2.05) is 12.4 Å². The summed E-state index contributed by atoms with van der Waals surface area (Å²) in [7, 11) is 0. The van der Waals surface area contributed by atoms with Crippen LogP contribution in [0, 0.1) is 5.92 Å². The molecule has 1 aromatic carbocycles. The van der Waals surface area contributed by atoms with Gasteiger partial charge in [0, 0.05) is 67.5 Å². The SMILES string of the molecule is CC(C)CNC(=O)CCCN1CCN(c2cccc3cnccc23)CC1C. The standard InChI is InChI=1S/C22H32N4O/c1-17(2)14-24-22(27)8-5-11-25-12-13-26(16-18(25)3)21-7-4-6-19-15-23-10-9-20(19)21/h4,6-7,9-10,15,17-18H,5,8,11-14,16H2,1-3H3,(H,24,27). The first-order valence-corrected chi connectivity index (χ1v) is 10.1. The van der Waals surface area contributed by atoms with E-state index in [0.717, 1.165) is 39.1 Å². The van der Waals surface area contributed by atoms with Gasteiger partial charge in [0.15, 0.2) is 0 Å². The fourth-order valence-electron chi connectivity index (χ4n) is 3.78. The topological polar surface area (TPSA) is 48.5 Å². The average Bonchev–Trinajstić information content (AvgIpc) is 2.67. The predicted octanol–water partition coefficient (Wildman–Crippen LogP) is 3.30. The number of carbonyl (C=O) groups is 1. The molecule has 1 aliphatic rings. The molecule has 0 radical (unpaired) electrons. The highest BCUT2D eigenvalue weighted by atomic mass is 16.1. The van der Waals surface area contributed by atoms with Crippen LogP contribution < -0.4 is 10.2 Å². The number of carbonyl (C=O) groups excluding carboxylic acids is 1. The summed E-state index contributed by atoms with van der Waals surface area (Å²) < 4.78 is 0. The summed E-state index contributed by atoms with van der Waals surface area (Å²) in [6.07, 6.45) is 5.35. The molecule has 146 valence electrons. The van der Waals surface area contributed by atoms with Crippen molar-refractivity contribution in [3.05, 3.63) is 36.7 Å². The van der Waals surface area contributed by atoms with Gasteiger partial charge < -0.3 is 10.2 Å². The van der Waals surface area contributed by atoms with Crippen molar-refractivity contribution >= 4 is 22.4 Å². The second-order valence-corrected chi connectivity index (χ2v) is 8.01.